The third-order valence-corrected chi connectivity index (χ3v) is 4.73. The van der Waals surface area contributed by atoms with Gasteiger partial charge in [0.2, 0.25) is 11.8 Å². The predicted molar refractivity (Wildman–Crippen MR) is 104 cm³/mol. The zero-order valence-electron chi connectivity index (χ0n) is 15.5. The number of nitrogens with zero attached hydrogens (tertiary/aromatic N) is 2. The summed E-state index contributed by atoms with van der Waals surface area (Å²) >= 11 is 0. The molecule has 2 aromatic carbocycles. The monoisotopic (exact) mass is 351 g/mol. The number of rotatable bonds is 5. The fourth-order valence-electron chi connectivity index (χ4n) is 3.10. The highest BCUT2D eigenvalue weighted by molar-refractivity contribution is 5.97. The maximum Gasteiger partial charge on any atom is 0.229 e. The van der Waals surface area contributed by atoms with Crippen molar-refractivity contribution in [3.8, 4) is 0 Å². The number of carbonyl (C=O) groups excluding carboxylic acids is 2. The minimum atomic E-state index is -0.304. The largest absolute Gasteiger partial charge is 0.378 e. The zero-order valence-corrected chi connectivity index (χ0v) is 15.5. The molecule has 1 N–H and O–H groups in total. The summed E-state index contributed by atoms with van der Waals surface area (Å²) in [4.78, 5) is 28.6. The second-order valence-corrected chi connectivity index (χ2v) is 7.09. The molecule has 1 aliphatic heterocycles. The van der Waals surface area contributed by atoms with Crippen LogP contribution < -0.4 is 10.2 Å². The van der Waals surface area contributed by atoms with Crippen LogP contribution in [0.1, 0.15) is 17.5 Å². The second-order valence-electron chi connectivity index (χ2n) is 7.09. The summed E-state index contributed by atoms with van der Waals surface area (Å²) in [6.45, 7) is 3.06. The highest BCUT2D eigenvalue weighted by Gasteiger charge is 2.34. The normalized spacial score (nSPS) is 16.7. The Bertz CT molecular complexity index is 782. The first-order valence-corrected chi connectivity index (χ1v) is 8.84. The van der Waals surface area contributed by atoms with Gasteiger partial charge >= 0.3 is 0 Å². The third-order valence-electron chi connectivity index (χ3n) is 4.73. The van der Waals surface area contributed by atoms with E-state index in [1.807, 2.05) is 74.4 Å². The molecule has 3 rings (SSSR count). The van der Waals surface area contributed by atoms with Crippen LogP contribution in [-0.4, -0.2) is 37.4 Å². The molecular weight excluding hydrogens is 326 g/mol. The van der Waals surface area contributed by atoms with Crippen molar-refractivity contribution in [3.05, 3.63) is 59.7 Å². The van der Waals surface area contributed by atoms with Crippen molar-refractivity contribution in [2.24, 2.45) is 5.92 Å². The zero-order chi connectivity index (χ0) is 18.7. The maximum absolute atomic E-state index is 12.5. The van der Waals surface area contributed by atoms with E-state index in [-0.39, 0.29) is 24.2 Å². The quantitative estimate of drug-likeness (QED) is 0.901. The van der Waals surface area contributed by atoms with Gasteiger partial charge in [0.25, 0.3) is 0 Å². The predicted octanol–water partition coefficient (Wildman–Crippen LogP) is 3.05. The van der Waals surface area contributed by atoms with Gasteiger partial charge in [-0.15, -0.1) is 0 Å². The van der Waals surface area contributed by atoms with Gasteiger partial charge in [0.1, 0.15) is 0 Å². The minimum absolute atomic E-state index is 0.0358. The Morgan fingerprint density at radius 3 is 2.38 bits per heavy atom. The van der Waals surface area contributed by atoms with Crippen molar-refractivity contribution in [2.45, 2.75) is 19.9 Å². The van der Waals surface area contributed by atoms with Gasteiger partial charge in [0.05, 0.1) is 5.92 Å². The van der Waals surface area contributed by atoms with E-state index in [9.17, 15) is 9.59 Å². The van der Waals surface area contributed by atoms with Crippen LogP contribution in [0, 0.1) is 12.8 Å². The van der Waals surface area contributed by atoms with Crippen LogP contribution in [0.25, 0.3) is 0 Å². The van der Waals surface area contributed by atoms with Crippen LogP contribution in [-0.2, 0) is 16.1 Å². The Hall–Kier alpha value is -2.82. The summed E-state index contributed by atoms with van der Waals surface area (Å²) in [5, 5.41) is 2.93. The average molecular weight is 351 g/mol. The summed E-state index contributed by atoms with van der Waals surface area (Å²) in [7, 11) is 3.95. The van der Waals surface area contributed by atoms with Crippen molar-refractivity contribution < 1.29 is 9.59 Å². The molecule has 136 valence electrons. The summed E-state index contributed by atoms with van der Waals surface area (Å²) in [6, 6.07) is 15.8. The molecule has 0 saturated carbocycles. The number of nitrogens with one attached hydrogen (secondary N) is 1. The van der Waals surface area contributed by atoms with Crippen LogP contribution >= 0.6 is 0 Å². The number of likely N-dealkylation sites (tertiary alicyclic amines) is 1. The number of amides is 2. The lowest BCUT2D eigenvalue weighted by atomic mass is 10.1. The molecule has 0 aliphatic carbocycles. The molecule has 1 aliphatic rings. The van der Waals surface area contributed by atoms with Crippen LogP contribution in [0.3, 0.4) is 0 Å². The summed E-state index contributed by atoms with van der Waals surface area (Å²) in [6.07, 6.45) is 0.271. The first-order valence-electron chi connectivity index (χ1n) is 8.84. The van der Waals surface area contributed by atoms with E-state index < -0.39 is 0 Å². The van der Waals surface area contributed by atoms with Crippen molar-refractivity contribution in [2.75, 3.05) is 30.9 Å². The molecule has 0 aromatic heterocycles. The number of carbonyl (C=O) groups is 2. The molecule has 26 heavy (non-hydrogen) atoms. The summed E-state index contributed by atoms with van der Waals surface area (Å²) in [5.41, 5.74) is 4.11. The third kappa shape index (κ3) is 4.23. The van der Waals surface area contributed by atoms with E-state index in [1.54, 1.807) is 4.90 Å². The molecular formula is C21H25N3O2. The van der Waals surface area contributed by atoms with Crippen LogP contribution in [0.2, 0.25) is 0 Å². The van der Waals surface area contributed by atoms with E-state index in [1.165, 1.54) is 5.56 Å². The fraction of sp³-hybridized carbons (Fsp3) is 0.333. The molecule has 0 bridgehead atoms. The molecule has 0 radical (unpaired) electrons. The van der Waals surface area contributed by atoms with Gasteiger partial charge in [-0.25, -0.2) is 0 Å². The number of hydrogen-bond donors (Lipinski definition) is 1. The highest BCUT2D eigenvalue weighted by atomic mass is 16.2. The van der Waals surface area contributed by atoms with Gasteiger partial charge < -0.3 is 15.1 Å². The van der Waals surface area contributed by atoms with E-state index >= 15 is 0 Å². The molecule has 0 spiro atoms. The van der Waals surface area contributed by atoms with E-state index in [4.69, 9.17) is 0 Å². The maximum atomic E-state index is 12.5. The van der Waals surface area contributed by atoms with Gasteiger partial charge in [0, 0.05) is 45.0 Å². The molecule has 1 heterocycles. The van der Waals surface area contributed by atoms with Crippen molar-refractivity contribution >= 4 is 23.2 Å². The Labute approximate surface area is 154 Å². The Balaban J connectivity index is 1.58. The van der Waals surface area contributed by atoms with E-state index in [0.29, 0.717) is 13.1 Å². The molecule has 2 aromatic rings. The number of benzene rings is 2. The lowest BCUT2D eigenvalue weighted by Gasteiger charge is -2.17. The minimum Gasteiger partial charge on any atom is -0.378 e. The van der Waals surface area contributed by atoms with Gasteiger partial charge in [-0.3, -0.25) is 9.59 Å². The number of aryl methyl sites for hydroxylation is 1. The Morgan fingerprint density at radius 2 is 1.77 bits per heavy atom. The lowest BCUT2D eigenvalue weighted by molar-refractivity contribution is -0.128. The SMILES string of the molecule is Cc1ccc(CN2C[C@@H](C(=O)Nc3ccc(N(C)C)cc3)CC2=O)cc1. The average Bonchev–Trinajstić information content (AvgIpc) is 2.98. The van der Waals surface area contributed by atoms with E-state index in [2.05, 4.69) is 5.32 Å². The molecule has 5 nitrogen and oxygen atoms in total. The summed E-state index contributed by atoms with van der Waals surface area (Å²) < 4.78 is 0. The van der Waals surface area contributed by atoms with Gasteiger partial charge in [-0.2, -0.15) is 0 Å². The fourth-order valence-corrected chi connectivity index (χ4v) is 3.10. The smallest absolute Gasteiger partial charge is 0.229 e. The molecule has 5 heteroatoms. The van der Waals surface area contributed by atoms with Crippen molar-refractivity contribution in [1.29, 1.82) is 0 Å². The van der Waals surface area contributed by atoms with Crippen molar-refractivity contribution in [1.82, 2.24) is 4.90 Å². The molecule has 1 atom stereocenters. The number of hydrogen-bond acceptors (Lipinski definition) is 3. The standard InChI is InChI=1S/C21H25N3O2/c1-15-4-6-16(7-5-15)13-24-14-17(12-20(24)25)21(26)22-18-8-10-19(11-9-18)23(2)3/h4-11,17H,12-14H2,1-3H3,(H,22,26)/t17-/m0/s1. The Morgan fingerprint density at radius 1 is 1.12 bits per heavy atom. The lowest BCUT2D eigenvalue weighted by Crippen LogP contribution is -2.28. The van der Waals surface area contributed by atoms with E-state index in [0.717, 1.165) is 16.9 Å². The van der Waals surface area contributed by atoms with Crippen LogP contribution in [0.4, 0.5) is 11.4 Å². The Kier molecular flexibility index (Phi) is 5.26. The van der Waals surface area contributed by atoms with Gasteiger partial charge in [-0.1, -0.05) is 29.8 Å². The molecule has 1 saturated heterocycles. The van der Waals surface area contributed by atoms with Crippen molar-refractivity contribution in [3.63, 3.8) is 0 Å². The van der Waals surface area contributed by atoms with Crippen LogP contribution in [0.5, 0.6) is 0 Å². The van der Waals surface area contributed by atoms with Crippen LogP contribution in [0.15, 0.2) is 48.5 Å². The molecule has 1 fully saturated rings. The van der Waals surface area contributed by atoms with Gasteiger partial charge in [-0.05, 0) is 36.8 Å². The summed E-state index contributed by atoms with van der Waals surface area (Å²) in [5.74, 6) is -0.363. The molecule has 0 unspecified atom stereocenters. The highest BCUT2D eigenvalue weighted by Crippen LogP contribution is 2.23. The molecule has 2 amide bonds. The first kappa shape index (κ1) is 18.0. The second kappa shape index (κ2) is 7.60. The number of anilines is 2. The van der Waals surface area contributed by atoms with Gasteiger partial charge in [0.15, 0.2) is 0 Å². The first-order chi connectivity index (χ1) is 12.4. The topological polar surface area (TPSA) is 52.7 Å².